The van der Waals surface area contributed by atoms with Crippen LogP contribution >= 0.6 is 23.2 Å². The van der Waals surface area contributed by atoms with E-state index < -0.39 is 0 Å². The molecule has 15 heteroatoms. The Kier molecular flexibility index (Phi) is 12.0. The normalized spacial score (nSPS) is 22.5. The molecule has 2 aromatic heterocycles. The van der Waals surface area contributed by atoms with Gasteiger partial charge in [-0.3, -0.25) is 24.2 Å². The van der Waals surface area contributed by atoms with E-state index in [1.54, 1.807) is 24.3 Å². The number of rotatable bonds is 9. The van der Waals surface area contributed by atoms with Crippen LogP contribution in [0.5, 0.6) is 0 Å². The van der Waals surface area contributed by atoms with Crippen LogP contribution < -0.4 is 10.6 Å². The van der Waals surface area contributed by atoms with Gasteiger partial charge in [0.1, 0.15) is 0 Å². The van der Waals surface area contributed by atoms with Crippen molar-refractivity contribution in [1.82, 2.24) is 28.9 Å². The van der Waals surface area contributed by atoms with Crippen LogP contribution in [-0.2, 0) is 49.6 Å². The first-order valence-electron chi connectivity index (χ1n) is 20.5. The van der Waals surface area contributed by atoms with Crippen molar-refractivity contribution in [2.75, 3.05) is 37.4 Å². The Hall–Kier alpha value is -4.27. The van der Waals surface area contributed by atoms with Crippen LogP contribution in [0.4, 0.5) is 11.4 Å². The molecule has 4 heterocycles. The molecule has 58 heavy (non-hydrogen) atoms. The number of imidazole rings is 2. The maximum absolute atomic E-state index is 13.8. The lowest BCUT2D eigenvalue weighted by molar-refractivity contribution is -0.146. The van der Waals surface area contributed by atoms with Crippen molar-refractivity contribution in [2.45, 2.75) is 89.4 Å². The van der Waals surface area contributed by atoms with Gasteiger partial charge in [0, 0.05) is 88.2 Å². The van der Waals surface area contributed by atoms with Crippen molar-refractivity contribution < 1.29 is 24.2 Å². The summed E-state index contributed by atoms with van der Waals surface area (Å²) in [5.74, 6) is 0.335. The molecular weight excluding hydrogens is 779 g/mol. The minimum absolute atomic E-state index is 0.00965. The number of aliphatic hydroxyl groups is 1. The predicted molar refractivity (Wildman–Crippen MR) is 223 cm³/mol. The Morgan fingerprint density at radius 3 is 1.84 bits per heavy atom. The molecular formula is C43H52Cl2N8O5. The molecule has 2 fully saturated rings. The SMILES string of the molecule is COC(=O)[C@H]1CC[C@@H](CN2CCc3c(nc(C(=O)Nc4cccc(-c5cccc(NC(=O)c6nc7c(n6C)CCN(C6CCC(O)CC6)C7)c5Cl)c4Cl)n3C)C2)CC1. The van der Waals surface area contributed by atoms with Crippen LogP contribution in [0.25, 0.3) is 11.1 Å². The molecule has 308 valence electrons. The highest BCUT2D eigenvalue weighted by Gasteiger charge is 2.33. The van der Waals surface area contributed by atoms with Gasteiger partial charge in [0.15, 0.2) is 11.6 Å². The Labute approximate surface area is 349 Å². The van der Waals surface area contributed by atoms with Gasteiger partial charge in [-0.15, -0.1) is 0 Å². The van der Waals surface area contributed by atoms with Crippen LogP contribution in [0, 0.1) is 11.8 Å². The number of ether oxygens (including phenoxy) is 1. The van der Waals surface area contributed by atoms with Gasteiger partial charge in [0.25, 0.3) is 11.8 Å². The van der Waals surface area contributed by atoms with Crippen LogP contribution in [0.15, 0.2) is 36.4 Å². The number of amides is 2. The summed E-state index contributed by atoms with van der Waals surface area (Å²) in [6.07, 6.45) is 8.72. The van der Waals surface area contributed by atoms with E-state index in [4.69, 9.17) is 37.9 Å². The van der Waals surface area contributed by atoms with E-state index in [9.17, 15) is 19.5 Å². The molecule has 4 aliphatic rings. The number of benzene rings is 2. The molecule has 13 nitrogen and oxygen atoms in total. The second kappa shape index (κ2) is 17.1. The maximum Gasteiger partial charge on any atom is 0.308 e. The van der Waals surface area contributed by atoms with Gasteiger partial charge in [0.05, 0.1) is 51.9 Å². The van der Waals surface area contributed by atoms with Gasteiger partial charge in [-0.2, -0.15) is 0 Å². The number of halogens is 2. The van der Waals surface area contributed by atoms with E-state index in [0.717, 1.165) is 107 Å². The number of aliphatic hydroxyl groups excluding tert-OH is 1. The zero-order valence-electron chi connectivity index (χ0n) is 33.4. The summed E-state index contributed by atoms with van der Waals surface area (Å²) in [7, 11) is 5.21. The molecule has 0 saturated heterocycles. The molecule has 2 aliphatic carbocycles. The molecule has 2 saturated carbocycles. The standard InChI is InChI=1S/C43H52Cl2N8O5/c1-50-35-18-20-52(22-25-10-12-26(13-11-25)43(57)58-3)23-33(35)46-39(50)41(55)48-31-8-4-6-29(37(31)44)30-7-5-9-32(38(30)45)49-42(56)40-47-34-24-53(21-19-36(34)51(40)2)27-14-16-28(54)17-15-27/h4-9,25-28,54H,10-24H2,1-3H3,(H,48,55)(H,49,56)/t25-,26+,27?,28?. The van der Waals surface area contributed by atoms with Gasteiger partial charge in [-0.1, -0.05) is 47.5 Å². The smallest absolute Gasteiger partial charge is 0.308 e. The van der Waals surface area contributed by atoms with E-state index in [-0.39, 0.29) is 29.8 Å². The largest absolute Gasteiger partial charge is 0.469 e. The van der Waals surface area contributed by atoms with Gasteiger partial charge < -0.3 is 29.6 Å². The summed E-state index contributed by atoms with van der Waals surface area (Å²) in [6.45, 7) is 4.08. The van der Waals surface area contributed by atoms with E-state index in [2.05, 4.69) is 20.4 Å². The monoisotopic (exact) mass is 830 g/mol. The summed E-state index contributed by atoms with van der Waals surface area (Å²) in [4.78, 5) is 53.9. The quantitative estimate of drug-likeness (QED) is 0.158. The minimum atomic E-state index is -0.367. The Bertz CT molecular complexity index is 2200. The van der Waals surface area contributed by atoms with Crippen molar-refractivity contribution in [3.63, 3.8) is 0 Å². The molecule has 2 aliphatic heterocycles. The number of carbonyl (C=O) groups is 3. The van der Waals surface area contributed by atoms with Crippen molar-refractivity contribution in [1.29, 1.82) is 0 Å². The average molecular weight is 832 g/mol. The fraction of sp³-hybridized carbons (Fsp3) is 0.512. The third-order valence-electron chi connectivity index (χ3n) is 12.9. The topological polar surface area (TPSA) is 147 Å². The first-order chi connectivity index (χ1) is 28.0. The number of nitrogens with one attached hydrogen (secondary N) is 2. The predicted octanol–water partition coefficient (Wildman–Crippen LogP) is 6.63. The molecule has 2 amide bonds. The van der Waals surface area contributed by atoms with Gasteiger partial charge >= 0.3 is 5.97 Å². The molecule has 0 unspecified atom stereocenters. The number of hydrogen-bond donors (Lipinski definition) is 3. The van der Waals surface area contributed by atoms with Crippen molar-refractivity contribution >= 4 is 52.4 Å². The van der Waals surface area contributed by atoms with Gasteiger partial charge in [0.2, 0.25) is 0 Å². The van der Waals surface area contributed by atoms with Gasteiger partial charge in [-0.05, 0) is 69.4 Å². The minimum Gasteiger partial charge on any atom is -0.469 e. The number of nitrogens with zero attached hydrogens (tertiary/aromatic N) is 6. The van der Waals surface area contributed by atoms with Crippen LogP contribution in [0.3, 0.4) is 0 Å². The number of aromatic nitrogens is 4. The highest BCUT2D eigenvalue weighted by Crippen LogP contribution is 2.41. The molecule has 8 rings (SSSR count). The van der Waals surface area contributed by atoms with E-state index in [1.807, 2.05) is 35.4 Å². The van der Waals surface area contributed by atoms with E-state index in [1.165, 1.54) is 7.11 Å². The third-order valence-corrected chi connectivity index (χ3v) is 13.7. The zero-order chi connectivity index (χ0) is 40.7. The fourth-order valence-electron chi connectivity index (χ4n) is 9.57. The summed E-state index contributed by atoms with van der Waals surface area (Å²) < 4.78 is 8.71. The second-order valence-corrected chi connectivity index (χ2v) is 17.2. The highest BCUT2D eigenvalue weighted by molar-refractivity contribution is 6.40. The number of methoxy groups -OCH3 is 1. The van der Waals surface area contributed by atoms with E-state index in [0.29, 0.717) is 69.2 Å². The Morgan fingerprint density at radius 2 is 1.29 bits per heavy atom. The van der Waals surface area contributed by atoms with Crippen LogP contribution in [-0.4, -0.2) is 90.7 Å². The van der Waals surface area contributed by atoms with Crippen molar-refractivity contribution in [3.05, 3.63) is 80.9 Å². The lowest BCUT2D eigenvalue weighted by Crippen LogP contribution is -2.42. The van der Waals surface area contributed by atoms with Crippen LogP contribution in [0.2, 0.25) is 10.0 Å². The number of esters is 1. The molecule has 2 aromatic carbocycles. The Balaban J connectivity index is 0.925. The number of anilines is 2. The second-order valence-electron chi connectivity index (χ2n) is 16.4. The maximum atomic E-state index is 13.8. The van der Waals surface area contributed by atoms with Crippen LogP contribution in [0.1, 0.15) is 95.4 Å². The summed E-state index contributed by atoms with van der Waals surface area (Å²) in [6, 6.07) is 11.2. The highest BCUT2D eigenvalue weighted by atomic mass is 35.5. The molecule has 0 atom stereocenters. The molecule has 0 radical (unpaired) electrons. The third kappa shape index (κ3) is 8.16. The lowest BCUT2D eigenvalue weighted by atomic mass is 9.81. The summed E-state index contributed by atoms with van der Waals surface area (Å²) in [5, 5.41) is 16.5. The lowest BCUT2D eigenvalue weighted by Gasteiger charge is -2.37. The van der Waals surface area contributed by atoms with Crippen molar-refractivity contribution in [3.8, 4) is 11.1 Å². The number of fused-ring (bicyclic) bond motifs is 2. The summed E-state index contributed by atoms with van der Waals surface area (Å²) >= 11 is 14.0. The molecule has 4 aromatic rings. The molecule has 0 bridgehead atoms. The first-order valence-corrected chi connectivity index (χ1v) is 21.3. The summed E-state index contributed by atoms with van der Waals surface area (Å²) in [5.41, 5.74) is 5.95. The molecule has 0 spiro atoms. The number of carbonyl (C=O) groups excluding carboxylic acids is 3. The first kappa shape index (κ1) is 40.5. The average Bonchev–Trinajstić information content (AvgIpc) is 3.74. The fourth-order valence-corrected chi connectivity index (χ4v) is 10.1. The van der Waals surface area contributed by atoms with Crippen molar-refractivity contribution in [2.24, 2.45) is 25.9 Å². The number of hydrogen-bond acceptors (Lipinski definition) is 9. The molecule has 3 N–H and O–H groups in total. The van der Waals surface area contributed by atoms with Gasteiger partial charge in [-0.25, -0.2) is 9.97 Å². The Morgan fingerprint density at radius 1 is 0.759 bits per heavy atom. The zero-order valence-corrected chi connectivity index (χ0v) is 34.9. The van der Waals surface area contributed by atoms with E-state index >= 15 is 0 Å².